The Morgan fingerprint density at radius 1 is 1.31 bits per heavy atom. The molecule has 1 heterocycles. The molecular formula is C20H34N4O2. The van der Waals surface area contributed by atoms with Crippen LogP contribution < -0.4 is 15.4 Å². The lowest BCUT2D eigenvalue weighted by atomic mass is 10.2. The second-order valence-corrected chi connectivity index (χ2v) is 6.57. The van der Waals surface area contributed by atoms with Crippen molar-refractivity contribution in [2.75, 3.05) is 47.0 Å². The molecule has 146 valence electrons. The zero-order valence-electron chi connectivity index (χ0n) is 16.5. The Labute approximate surface area is 158 Å². The smallest absolute Gasteiger partial charge is 0.191 e. The fourth-order valence-corrected chi connectivity index (χ4v) is 3.30. The summed E-state index contributed by atoms with van der Waals surface area (Å²) in [6, 6.07) is 8.79. The van der Waals surface area contributed by atoms with E-state index in [-0.39, 0.29) is 0 Å². The predicted molar refractivity (Wildman–Crippen MR) is 107 cm³/mol. The van der Waals surface area contributed by atoms with Crippen LogP contribution in [0.4, 0.5) is 0 Å². The molecule has 6 heteroatoms. The molecule has 0 amide bonds. The summed E-state index contributed by atoms with van der Waals surface area (Å²) in [7, 11) is 3.52. The van der Waals surface area contributed by atoms with E-state index in [4.69, 9.17) is 9.47 Å². The Balaban J connectivity index is 1.75. The lowest BCUT2D eigenvalue weighted by Crippen LogP contribution is -2.44. The van der Waals surface area contributed by atoms with Crippen LogP contribution in [0.15, 0.2) is 29.3 Å². The SMILES string of the molecule is CCN1CCCC1CNC(=NC)NCc1cccc(OCCCOC)c1. The van der Waals surface area contributed by atoms with Crippen LogP contribution in [0.2, 0.25) is 0 Å². The van der Waals surface area contributed by atoms with Crippen molar-refractivity contribution >= 4 is 5.96 Å². The second-order valence-electron chi connectivity index (χ2n) is 6.57. The van der Waals surface area contributed by atoms with Crippen molar-refractivity contribution in [2.24, 2.45) is 4.99 Å². The molecule has 2 N–H and O–H groups in total. The average Bonchev–Trinajstić information content (AvgIpc) is 3.13. The minimum absolute atomic E-state index is 0.613. The third-order valence-electron chi connectivity index (χ3n) is 4.75. The summed E-state index contributed by atoms with van der Waals surface area (Å²) in [5.41, 5.74) is 1.17. The van der Waals surface area contributed by atoms with Crippen molar-refractivity contribution in [1.82, 2.24) is 15.5 Å². The van der Waals surface area contributed by atoms with E-state index in [1.807, 2.05) is 19.2 Å². The van der Waals surface area contributed by atoms with Gasteiger partial charge in [-0.15, -0.1) is 0 Å². The van der Waals surface area contributed by atoms with Crippen LogP contribution in [0.5, 0.6) is 5.75 Å². The van der Waals surface area contributed by atoms with Gasteiger partial charge in [-0.1, -0.05) is 19.1 Å². The lowest BCUT2D eigenvalue weighted by Gasteiger charge is -2.24. The van der Waals surface area contributed by atoms with Gasteiger partial charge in [-0.2, -0.15) is 0 Å². The van der Waals surface area contributed by atoms with Crippen molar-refractivity contribution in [3.63, 3.8) is 0 Å². The number of likely N-dealkylation sites (tertiary alicyclic amines) is 1. The van der Waals surface area contributed by atoms with Gasteiger partial charge in [-0.25, -0.2) is 0 Å². The summed E-state index contributed by atoms with van der Waals surface area (Å²) in [6.07, 6.45) is 3.45. The van der Waals surface area contributed by atoms with Gasteiger partial charge in [-0.05, 0) is 43.6 Å². The summed E-state index contributed by atoms with van der Waals surface area (Å²) >= 11 is 0. The van der Waals surface area contributed by atoms with Gasteiger partial charge in [0.1, 0.15) is 5.75 Å². The first-order valence-electron chi connectivity index (χ1n) is 9.66. The topological polar surface area (TPSA) is 58.1 Å². The molecule has 1 aliphatic rings. The number of aliphatic imine (C=N–C) groups is 1. The molecule has 0 spiro atoms. The maximum absolute atomic E-state index is 5.76. The maximum Gasteiger partial charge on any atom is 0.191 e. The van der Waals surface area contributed by atoms with E-state index in [1.54, 1.807) is 7.11 Å². The summed E-state index contributed by atoms with van der Waals surface area (Å²) < 4.78 is 10.8. The van der Waals surface area contributed by atoms with E-state index < -0.39 is 0 Å². The molecule has 6 nitrogen and oxygen atoms in total. The van der Waals surface area contributed by atoms with Crippen molar-refractivity contribution in [1.29, 1.82) is 0 Å². The monoisotopic (exact) mass is 362 g/mol. The van der Waals surface area contributed by atoms with Gasteiger partial charge in [0.25, 0.3) is 0 Å². The number of likely N-dealkylation sites (N-methyl/N-ethyl adjacent to an activating group) is 1. The normalized spacial score (nSPS) is 18.1. The molecule has 0 saturated carbocycles. The quantitative estimate of drug-likeness (QED) is 0.380. The van der Waals surface area contributed by atoms with E-state index in [1.165, 1.54) is 24.9 Å². The van der Waals surface area contributed by atoms with Gasteiger partial charge in [-0.3, -0.25) is 9.89 Å². The van der Waals surface area contributed by atoms with Crippen molar-refractivity contribution < 1.29 is 9.47 Å². The standard InChI is InChI=1S/C20H34N4O2/c1-4-24-11-6-9-18(24)16-23-20(21-2)22-15-17-8-5-10-19(14-17)26-13-7-12-25-3/h5,8,10,14,18H,4,6-7,9,11-13,15-16H2,1-3H3,(H2,21,22,23). The van der Waals surface area contributed by atoms with E-state index in [0.717, 1.165) is 44.4 Å². The van der Waals surface area contributed by atoms with Crippen molar-refractivity contribution in [3.05, 3.63) is 29.8 Å². The highest BCUT2D eigenvalue weighted by Gasteiger charge is 2.22. The molecule has 1 atom stereocenters. The molecule has 1 aliphatic heterocycles. The molecule has 1 saturated heterocycles. The van der Waals surface area contributed by atoms with Crippen LogP contribution in [0, 0.1) is 0 Å². The molecule has 26 heavy (non-hydrogen) atoms. The fraction of sp³-hybridized carbons (Fsp3) is 0.650. The zero-order chi connectivity index (χ0) is 18.6. The fourth-order valence-electron chi connectivity index (χ4n) is 3.30. The third kappa shape index (κ3) is 6.84. The van der Waals surface area contributed by atoms with Crippen molar-refractivity contribution in [3.8, 4) is 5.75 Å². The molecule has 1 fully saturated rings. The molecule has 0 radical (unpaired) electrons. The summed E-state index contributed by atoms with van der Waals surface area (Å²) in [5, 5.41) is 6.85. The van der Waals surface area contributed by atoms with E-state index >= 15 is 0 Å². The Bertz CT molecular complexity index is 550. The number of ether oxygens (including phenoxy) is 2. The van der Waals surface area contributed by atoms with E-state index in [9.17, 15) is 0 Å². The van der Waals surface area contributed by atoms with Gasteiger partial charge < -0.3 is 20.1 Å². The van der Waals surface area contributed by atoms with Gasteiger partial charge in [0.05, 0.1) is 6.61 Å². The first-order chi connectivity index (χ1) is 12.8. The number of benzene rings is 1. The lowest BCUT2D eigenvalue weighted by molar-refractivity contribution is 0.172. The van der Waals surface area contributed by atoms with Gasteiger partial charge in [0, 0.05) is 46.3 Å². The highest BCUT2D eigenvalue weighted by molar-refractivity contribution is 5.79. The van der Waals surface area contributed by atoms with Crippen LogP contribution in [-0.4, -0.2) is 63.9 Å². The Morgan fingerprint density at radius 3 is 2.96 bits per heavy atom. The number of rotatable bonds is 10. The summed E-state index contributed by atoms with van der Waals surface area (Å²) in [4.78, 5) is 6.87. The number of hydrogen-bond donors (Lipinski definition) is 2. The Hall–Kier alpha value is -1.79. The Morgan fingerprint density at radius 2 is 2.19 bits per heavy atom. The molecule has 1 unspecified atom stereocenters. The molecule has 0 bridgehead atoms. The zero-order valence-corrected chi connectivity index (χ0v) is 16.5. The third-order valence-corrected chi connectivity index (χ3v) is 4.75. The Kier molecular flexibility index (Phi) is 9.28. The van der Waals surface area contributed by atoms with Gasteiger partial charge >= 0.3 is 0 Å². The van der Waals surface area contributed by atoms with Crippen molar-refractivity contribution in [2.45, 2.75) is 38.8 Å². The largest absolute Gasteiger partial charge is 0.493 e. The molecule has 0 aromatic heterocycles. The number of guanidine groups is 1. The number of hydrogen-bond acceptors (Lipinski definition) is 4. The molecule has 1 aromatic carbocycles. The van der Waals surface area contributed by atoms with Crippen LogP contribution in [0.3, 0.4) is 0 Å². The number of methoxy groups -OCH3 is 1. The van der Waals surface area contributed by atoms with Crippen LogP contribution in [0.25, 0.3) is 0 Å². The minimum atomic E-state index is 0.613. The number of nitrogens with zero attached hydrogens (tertiary/aromatic N) is 2. The summed E-state index contributed by atoms with van der Waals surface area (Å²) in [6.45, 7) is 7.62. The minimum Gasteiger partial charge on any atom is -0.493 e. The highest BCUT2D eigenvalue weighted by Crippen LogP contribution is 2.16. The average molecular weight is 363 g/mol. The maximum atomic E-state index is 5.76. The highest BCUT2D eigenvalue weighted by atomic mass is 16.5. The van der Waals surface area contributed by atoms with Crippen LogP contribution in [-0.2, 0) is 11.3 Å². The molecule has 0 aliphatic carbocycles. The first-order valence-corrected chi connectivity index (χ1v) is 9.66. The first kappa shape index (κ1) is 20.5. The molecule has 1 aromatic rings. The summed E-state index contributed by atoms with van der Waals surface area (Å²) in [5.74, 6) is 1.74. The van der Waals surface area contributed by atoms with E-state index in [0.29, 0.717) is 12.6 Å². The van der Waals surface area contributed by atoms with Crippen LogP contribution >= 0.6 is 0 Å². The molecule has 2 rings (SSSR count). The second kappa shape index (κ2) is 11.8. The molecular weight excluding hydrogens is 328 g/mol. The van der Waals surface area contributed by atoms with Gasteiger partial charge in [0.2, 0.25) is 0 Å². The van der Waals surface area contributed by atoms with Gasteiger partial charge in [0.15, 0.2) is 5.96 Å². The van der Waals surface area contributed by atoms with Crippen LogP contribution in [0.1, 0.15) is 31.7 Å². The predicted octanol–water partition coefficient (Wildman–Crippen LogP) is 2.25. The van der Waals surface area contributed by atoms with E-state index in [2.05, 4.69) is 39.6 Å². The number of nitrogens with one attached hydrogen (secondary N) is 2.